The first-order valence-corrected chi connectivity index (χ1v) is 7.89. The Morgan fingerprint density at radius 3 is 2.40 bits per heavy atom. The molecule has 0 aliphatic rings. The van der Waals surface area contributed by atoms with Crippen LogP contribution in [0.5, 0.6) is 0 Å². The summed E-state index contributed by atoms with van der Waals surface area (Å²) in [7, 11) is 0. The second kappa shape index (κ2) is 7.64. The minimum atomic E-state index is -1.08. The molecule has 7 heteroatoms. The highest BCUT2D eigenvalue weighted by atomic mass is 32.2. The smallest absolute Gasteiger partial charge is 0.191 e. The van der Waals surface area contributed by atoms with Gasteiger partial charge in [-0.15, -0.1) is 10.2 Å². The molecule has 0 aliphatic carbocycles. The van der Waals surface area contributed by atoms with Crippen LogP contribution in [0.4, 0.5) is 0 Å². The zero-order valence-electron chi connectivity index (χ0n) is 12.8. The number of carbonyl (C=O) groups excluding carboxylic acids is 1. The van der Waals surface area contributed by atoms with Crippen LogP contribution in [0, 0.1) is 6.92 Å². The van der Waals surface area contributed by atoms with Crippen molar-refractivity contribution in [2.45, 2.75) is 58.4 Å². The predicted molar refractivity (Wildman–Crippen MR) is 76.6 cm³/mol. The van der Waals surface area contributed by atoms with Gasteiger partial charge in [-0.2, -0.15) is 0 Å². The standard InChI is InChI=1S/C13H24N4O2S/c1-9(2)16(10(3)4)6-7-17-11(5)14-15-13(17)20-8-12(18)19/h9-10H,6-8H2,1-5H3,(H,18,19). The summed E-state index contributed by atoms with van der Waals surface area (Å²) in [4.78, 5) is 12.1. The highest BCUT2D eigenvalue weighted by Crippen LogP contribution is 2.15. The van der Waals surface area contributed by atoms with Gasteiger partial charge < -0.3 is 19.4 Å². The summed E-state index contributed by atoms with van der Waals surface area (Å²) in [5.74, 6) is -0.361. The molecule has 0 saturated heterocycles. The number of aliphatic carboxylic acids is 1. The van der Waals surface area contributed by atoms with Crippen molar-refractivity contribution in [2.75, 3.05) is 12.3 Å². The third-order valence-corrected chi connectivity index (χ3v) is 4.27. The van der Waals surface area contributed by atoms with Gasteiger partial charge in [0.1, 0.15) is 5.82 Å². The number of aromatic nitrogens is 3. The number of carboxylic acid groups (broad SMARTS) is 1. The molecule has 0 unspecified atom stereocenters. The fraction of sp³-hybridized carbons (Fsp3) is 0.769. The molecule has 0 aromatic carbocycles. The summed E-state index contributed by atoms with van der Waals surface area (Å²) in [6, 6.07) is 1.09. The highest BCUT2D eigenvalue weighted by molar-refractivity contribution is 7.99. The number of aryl methyl sites for hydroxylation is 1. The van der Waals surface area contributed by atoms with Gasteiger partial charge in [0.15, 0.2) is 5.16 Å². The van der Waals surface area contributed by atoms with E-state index in [1.807, 2.05) is 11.5 Å². The van der Waals surface area contributed by atoms with E-state index in [4.69, 9.17) is 0 Å². The lowest BCUT2D eigenvalue weighted by molar-refractivity contribution is -0.942. The van der Waals surface area contributed by atoms with Crippen LogP contribution in [0.2, 0.25) is 0 Å². The minimum absolute atomic E-state index is 0.0942. The number of hydrogen-bond acceptors (Lipinski definition) is 5. The maximum absolute atomic E-state index is 10.5. The quantitative estimate of drug-likeness (QED) is 0.632. The Hall–Kier alpha value is -1.08. The van der Waals surface area contributed by atoms with E-state index in [1.165, 1.54) is 4.90 Å². The zero-order chi connectivity index (χ0) is 15.3. The summed E-state index contributed by atoms with van der Waals surface area (Å²) < 4.78 is 1.98. The molecule has 1 rings (SSSR count). The van der Waals surface area contributed by atoms with Crippen LogP contribution < -0.4 is 10.0 Å². The molecule has 0 spiro atoms. The van der Waals surface area contributed by atoms with Crippen molar-refractivity contribution in [1.29, 1.82) is 0 Å². The molecule has 0 radical (unpaired) electrons. The van der Waals surface area contributed by atoms with E-state index in [2.05, 4.69) is 37.9 Å². The van der Waals surface area contributed by atoms with Gasteiger partial charge in [-0.05, 0) is 34.6 Å². The number of rotatable bonds is 8. The van der Waals surface area contributed by atoms with Gasteiger partial charge in [-0.3, -0.25) is 0 Å². The molecule has 0 bridgehead atoms. The van der Waals surface area contributed by atoms with Crippen LogP contribution in [0.15, 0.2) is 5.16 Å². The van der Waals surface area contributed by atoms with Crippen molar-refractivity contribution in [2.24, 2.45) is 0 Å². The third kappa shape index (κ3) is 4.79. The third-order valence-electron chi connectivity index (χ3n) is 3.33. The maximum atomic E-state index is 10.5. The minimum Gasteiger partial charge on any atom is -0.549 e. The first-order chi connectivity index (χ1) is 9.32. The highest BCUT2D eigenvalue weighted by Gasteiger charge is 2.18. The fourth-order valence-electron chi connectivity index (χ4n) is 2.33. The van der Waals surface area contributed by atoms with E-state index in [0.717, 1.165) is 30.7 Å². The Labute approximate surface area is 124 Å². The Balaban J connectivity index is 2.71. The SMILES string of the molecule is Cc1nnc(SCC(=O)[O-])n1CC[NH+](C(C)C)C(C)C. The van der Waals surface area contributed by atoms with Crippen LogP contribution in [-0.4, -0.2) is 45.1 Å². The molecule has 1 heterocycles. The number of thioether (sulfide) groups is 1. The average Bonchev–Trinajstić information content (AvgIpc) is 2.67. The molecule has 0 atom stereocenters. The molecule has 1 N–H and O–H groups in total. The van der Waals surface area contributed by atoms with Crippen molar-refractivity contribution in [3.8, 4) is 0 Å². The number of carbonyl (C=O) groups is 1. The van der Waals surface area contributed by atoms with Crippen molar-refractivity contribution >= 4 is 17.7 Å². The van der Waals surface area contributed by atoms with E-state index in [9.17, 15) is 9.90 Å². The maximum Gasteiger partial charge on any atom is 0.191 e. The Morgan fingerprint density at radius 2 is 1.90 bits per heavy atom. The first-order valence-electron chi connectivity index (χ1n) is 6.91. The van der Waals surface area contributed by atoms with Crippen LogP contribution in [-0.2, 0) is 11.3 Å². The Bertz CT molecular complexity index is 438. The molecule has 0 fully saturated rings. The molecule has 0 amide bonds. The zero-order valence-corrected chi connectivity index (χ0v) is 13.7. The number of quaternary nitrogens is 1. The molecule has 0 aliphatic heterocycles. The summed E-state index contributed by atoms with van der Waals surface area (Å²) in [6.45, 7) is 12.5. The fourth-order valence-corrected chi connectivity index (χ4v) is 3.06. The number of nitrogens with one attached hydrogen (secondary N) is 1. The van der Waals surface area contributed by atoms with Crippen molar-refractivity contribution in [3.63, 3.8) is 0 Å². The Kier molecular flexibility index (Phi) is 6.48. The van der Waals surface area contributed by atoms with Gasteiger partial charge in [0.05, 0.1) is 31.1 Å². The molecule has 20 heavy (non-hydrogen) atoms. The van der Waals surface area contributed by atoms with E-state index in [0.29, 0.717) is 17.2 Å². The van der Waals surface area contributed by atoms with Crippen molar-refractivity contribution in [1.82, 2.24) is 14.8 Å². The van der Waals surface area contributed by atoms with Gasteiger partial charge in [0, 0.05) is 5.75 Å². The lowest BCUT2D eigenvalue weighted by Gasteiger charge is -2.27. The van der Waals surface area contributed by atoms with E-state index in [-0.39, 0.29) is 5.75 Å². The lowest BCUT2D eigenvalue weighted by atomic mass is 10.2. The second-order valence-corrected chi connectivity index (χ2v) is 6.42. The molecule has 6 nitrogen and oxygen atoms in total. The molecule has 114 valence electrons. The topological polar surface area (TPSA) is 75.3 Å². The van der Waals surface area contributed by atoms with Crippen molar-refractivity contribution < 1.29 is 14.8 Å². The average molecular weight is 300 g/mol. The van der Waals surface area contributed by atoms with Gasteiger partial charge >= 0.3 is 0 Å². The van der Waals surface area contributed by atoms with Gasteiger partial charge in [0.2, 0.25) is 0 Å². The van der Waals surface area contributed by atoms with Gasteiger partial charge in [0.25, 0.3) is 0 Å². The van der Waals surface area contributed by atoms with Crippen LogP contribution in [0.3, 0.4) is 0 Å². The number of carboxylic acids is 1. The molecular weight excluding hydrogens is 276 g/mol. The first kappa shape index (κ1) is 17.0. The van der Waals surface area contributed by atoms with Crippen LogP contribution in [0.1, 0.15) is 33.5 Å². The normalized spacial score (nSPS) is 11.8. The second-order valence-electron chi connectivity index (χ2n) is 5.48. The van der Waals surface area contributed by atoms with Crippen molar-refractivity contribution in [3.05, 3.63) is 5.82 Å². The van der Waals surface area contributed by atoms with Gasteiger partial charge in [-0.1, -0.05) is 11.8 Å². The molecular formula is C13H24N4O2S. The number of nitrogens with zero attached hydrogens (tertiary/aromatic N) is 3. The summed E-state index contributed by atoms with van der Waals surface area (Å²) in [5, 5.41) is 19.3. The lowest BCUT2D eigenvalue weighted by Crippen LogP contribution is -3.18. The summed E-state index contributed by atoms with van der Waals surface area (Å²) >= 11 is 1.16. The Morgan fingerprint density at radius 1 is 1.30 bits per heavy atom. The van der Waals surface area contributed by atoms with Gasteiger partial charge in [-0.25, -0.2) is 0 Å². The van der Waals surface area contributed by atoms with E-state index >= 15 is 0 Å². The summed E-state index contributed by atoms with van der Waals surface area (Å²) in [6.07, 6.45) is 0. The predicted octanol–water partition coefficient (Wildman–Crippen LogP) is -0.870. The van der Waals surface area contributed by atoms with Crippen LogP contribution in [0.25, 0.3) is 0 Å². The molecule has 1 aromatic rings. The summed E-state index contributed by atoms with van der Waals surface area (Å²) in [5.41, 5.74) is 0. The molecule has 0 saturated carbocycles. The monoisotopic (exact) mass is 300 g/mol. The van der Waals surface area contributed by atoms with E-state index < -0.39 is 5.97 Å². The van der Waals surface area contributed by atoms with Crippen LogP contribution >= 0.6 is 11.8 Å². The molecule has 1 aromatic heterocycles. The largest absolute Gasteiger partial charge is 0.549 e. The van der Waals surface area contributed by atoms with E-state index in [1.54, 1.807) is 0 Å². The number of hydrogen-bond donors (Lipinski definition) is 1.